The van der Waals surface area contributed by atoms with Crippen LogP contribution in [0.15, 0.2) is 70.5 Å². The summed E-state index contributed by atoms with van der Waals surface area (Å²) in [4.78, 5) is 24.1. The Morgan fingerprint density at radius 2 is 1.90 bits per heavy atom. The predicted molar refractivity (Wildman–Crippen MR) is 110 cm³/mol. The van der Waals surface area contributed by atoms with Crippen molar-refractivity contribution in [3.63, 3.8) is 0 Å². The fourth-order valence-corrected chi connectivity index (χ4v) is 3.62. The van der Waals surface area contributed by atoms with Crippen LogP contribution in [-0.2, 0) is 0 Å². The lowest BCUT2D eigenvalue weighted by Crippen LogP contribution is -2.14. The van der Waals surface area contributed by atoms with Gasteiger partial charge >= 0.3 is 0 Å². The number of amides is 1. The second-order valence-corrected chi connectivity index (χ2v) is 7.26. The van der Waals surface area contributed by atoms with Crippen molar-refractivity contribution in [3.8, 4) is 5.75 Å². The third-order valence-corrected chi connectivity index (χ3v) is 5.34. The first-order valence-electron chi connectivity index (χ1n) is 8.24. The Morgan fingerprint density at radius 3 is 2.55 bits per heavy atom. The fraction of sp³-hybridized carbons (Fsp3) is 0.0500. The molecule has 0 atom stereocenters. The lowest BCUT2D eigenvalue weighted by atomic mass is 10.1. The van der Waals surface area contributed by atoms with Gasteiger partial charge in [0.2, 0.25) is 0 Å². The largest absolute Gasteiger partial charge is 0.497 e. The number of methoxy groups -OCH3 is 1. The molecule has 0 aliphatic rings. The number of hydrogen-bond donors (Lipinski definition) is 1. The van der Waals surface area contributed by atoms with Gasteiger partial charge in [0.1, 0.15) is 11.6 Å². The number of carbonyl (C=O) groups is 1. The van der Waals surface area contributed by atoms with Crippen LogP contribution in [0, 0.1) is 15.9 Å². The van der Waals surface area contributed by atoms with Crippen LogP contribution in [0.1, 0.15) is 10.4 Å². The van der Waals surface area contributed by atoms with Gasteiger partial charge in [-0.1, -0.05) is 35.5 Å². The van der Waals surface area contributed by atoms with Gasteiger partial charge in [0.15, 0.2) is 0 Å². The Labute approximate surface area is 174 Å². The molecule has 0 aliphatic carbocycles. The Bertz CT molecular complexity index is 1090. The number of anilines is 1. The van der Waals surface area contributed by atoms with Crippen LogP contribution in [0.25, 0.3) is 0 Å². The van der Waals surface area contributed by atoms with Crippen LogP contribution in [0.5, 0.6) is 5.75 Å². The number of nitro groups is 1. The molecule has 0 unspecified atom stereocenters. The van der Waals surface area contributed by atoms with Gasteiger partial charge in [-0.15, -0.1) is 0 Å². The molecule has 148 valence electrons. The lowest BCUT2D eigenvalue weighted by molar-refractivity contribution is -0.384. The highest BCUT2D eigenvalue weighted by atomic mass is 35.5. The Morgan fingerprint density at radius 1 is 1.14 bits per heavy atom. The molecule has 1 amide bonds. The maximum atomic E-state index is 14.0. The van der Waals surface area contributed by atoms with Gasteiger partial charge in [-0.25, -0.2) is 4.39 Å². The number of ether oxygens (including phenoxy) is 1. The molecule has 0 saturated heterocycles. The zero-order valence-electron chi connectivity index (χ0n) is 15.0. The predicted octanol–water partition coefficient (Wildman–Crippen LogP) is 5.80. The summed E-state index contributed by atoms with van der Waals surface area (Å²) in [5.41, 5.74) is 0.0824. The highest BCUT2D eigenvalue weighted by Crippen LogP contribution is 2.35. The van der Waals surface area contributed by atoms with Gasteiger partial charge in [-0.05, 0) is 30.3 Å². The van der Waals surface area contributed by atoms with Crippen molar-refractivity contribution in [2.75, 3.05) is 12.4 Å². The van der Waals surface area contributed by atoms with Gasteiger partial charge in [0, 0.05) is 28.0 Å². The number of non-ortho nitro benzene ring substituents is 1. The zero-order valence-corrected chi connectivity index (χ0v) is 16.6. The Kier molecular flexibility index (Phi) is 6.36. The molecule has 6 nitrogen and oxygen atoms in total. The zero-order chi connectivity index (χ0) is 21.0. The standard InChI is InChI=1S/C20H14ClFN2O4S/c1-28-13-7-8-17(15(21)11-13)23-20(25)14-10-12(24(26)27)6-9-18(14)29-19-5-3-2-4-16(19)22/h2-11H,1H3,(H,23,25). The number of benzene rings is 3. The quantitative estimate of drug-likeness (QED) is 0.393. The van der Waals surface area contributed by atoms with E-state index in [1.54, 1.807) is 30.3 Å². The highest BCUT2D eigenvalue weighted by Gasteiger charge is 2.19. The Hall–Kier alpha value is -3.10. The normalized spacial score (nSPS) is 10.4. The SMILES string of the molecule is COc1ccc(NC(=O)c2cc([N+](=O)[O-])ccc2Sc2ccccc2F)c(Cl)c1. The van der Waals surface area contributed by atoms with Crippen molar-refractivity contribution in [2.45, 2.75) is 9.79 Å². The number of rotatable bonds is 6. The van der Waals surface area contributed by atoms with E-state index in [1.807, 2.05) is 0 Å². The summed E-state index contributed by atoms with van der Waals surface area (Å²) in [5.74, 6) is -0.556. The molecule has 0 saturated carbocycles. The minimum atomic E-state index is -0.611. The maximum absolute atomic E-state index is 14.0. The van der Waals surface area contributed by atoms with Crippen LogP contribution in [0.3, 0.4) is 0 Å². The summed E-state index contributed by atoms with van der Waals surface area (Å²) in [5, 5.41) is 14.0. The molecule has 0 fully saturated rings. The van der Waals surface area contributed by atoms with Crippen molar-refractivity contribution in [1.29, 1.82) is 0 Å². The summed E-state index contributed by atoms with van der Waals surface area (Å²) in [6.07, 6.45) is 0. The topological polar surface area (TPSA) is 81.5 Å². The maximum Gasteiger partial charge on any atom is 0.270 e. The van der Waals surface area contributed by atoms with Crippen molar-refractivity contribution >= 4 is 40.6 Å². The van der Waals surface area contributed by atoms with Gasteiger partial charge < -0.3 is 10.1 Å². The molecule has 0 aromatic heterocycles. The minimum absolute atomic E-state index is 0.0272. The molecule has 0 spiro atoms. The molecule has 1 N–H and O–H groups in total. The molecule has 29 heavy (non-hydrogen) atoms. The summed E-state index contributed by atoms with van der Waals surface area (Å²) in [7, 11) is 1.49. The third-order valence-electron chi connectivity index (χ3n) is 3.90. The minimum Gasteiger partial charge on any atom is -0.497 e. The summed E-state index contributed by atoms with van der Waals surface area (Å²) >= 11 is 7.15. The molecule has 0 bridgehead atoms. The average molecular weight is 433 g/mol. The van der Waals surface area contributed by atoms with E-state index < -0.39 is 16.6 Å². The van der Waals surface area contributed by atoms with Gasteiger partial charge in [0.25, 0.3) is 11.6 Å². The van der Waals surface area contributed by atoms with Gasteiger partial charge in [-0.3, -0.25) is 14.9 Å². The van der Waals surface area contributed by atoms with E-state index in [-0.39, 0.29) is 21.2 Å². The number of nitro benzene ring substituents is 1. The van der Waals surface area contributed by atoms with Crippen molar-refractivity contribution in [2.24, 2.45) is 0 Å². The first-order chi connectivity index (χ1) is 13.9. The molecule has 3 aromatic rings. The van der Waals surface area contributed by atoms with Crippen LogP contribution < -0.4 is 10.1 Å². The molecule has 3 aromatic carbocycles. The number of nitrogens with one attached hydrogen (secondary N) is 1. The monoisotopic (exact) mass is 432 g/mol. The fourth-order valence-electron chi connectivity index (χ4n) is 2.46. The molecule has 3 rings (SSSR count). The summed E-state index contributed by atoms with van der Waals surface area (Å²) in [6, 6.07) is 14.6. The molecule has 0 heterocycles. The second kappa shape index (κ2) is 8.93. The van der Waals surface area contributed by atoms with Crippen molar-refractivity contribution in [1.82, 2.24) is 0 Å². The molecule has 9 heteroatoms. The Balaban J connectivity index is 1.97. The molecular weight excluding hydrogens is 419 g/mol. The third kappa shape index (κ3) is 4.85. The number of hydrogen-bond acceptors (Lipinski definition) is 5. The number of carbonyl (C=O) groups excluding carboxylic acids is 1. The first-order valence-corrected chi connectivity index (χ1v) is 9.44. The van der Waals surface area contributed by atoms with Crippen molar-refractivity contribution < 1.29 is 18.8 Å². The first kappa shape index (κ1) is 20.6. The van der Waals surface area contributed by atoms with Gasteiger partial charge in [-0.2, -0.15) is 0 Å². The van der Waals surface area contributed by atoms with Gasteiger partial charge in [0.05, 0.1) is 28.3 Å². The van der Waals surface area contributed by atoms with E-state index in [1.165, 1.54) is 31.4 Å². The van der Waals surface area contributed by atoms with Crippen molar-refractivity contribution in [3.05, 3.63) is 87.2 Å². The van der Waals surface area contributed by atoms with Crippen LogP contribution in [0.2, 0.25) is 5.02 Å². The van der Waals surface area contributed by atoms with E-state index in [0.717, 1.165) is 17.8 Å². The number of nitrogens with zero attached hydrogens (tertiary/aromatic N) is 1. The smallest absolute Gasteiger partial charge is 0.270 e. The summed E-state index contributed by atoms with van der Waals surface area (Å²) in [6.45, 7) is 0. The average Bonchev–Trinajstić information content (AvgIpc) is 2.71. The highest BCUT2D eigenvalue weighted by molar-refractivity contribution is 7.99. The van der Waals surface area contributed by atoms with Crippen LogP contribution in [0.4, 0.5) is 15.8 Å². The van der Waals surface area contributed by atoms with Crippen LogP contribution in [-0.4, -0.2) is 17.9 Å². The second-order valence-electron chi connectivity index (χ2n) is 5.77. The van der Waals surface area contributed by atoms with E-state index in [2.05, 4.69) is 5.32 Å². The summed E-state index contributed by atoms with van der Waals surface area (Å²) < 4.78 is 19.1. The number of halogens is 2. The van der Waals surface area contributed by atoms with E-state index in [9.17, 15) is 19.3 Å². The molecule has 0 aliphatic heterocycles. The van der Waals surface area contributed by atoms with E-state index >= 15 is 0 Å². The lowest BCUT2D eigenvalue weighted by Gasteiger charge is -2.12. The van der Waals surface area contributed by atoms with Crippen LogP contribution >= 0.6 is 23.4 Å². The van der Waals surface area contributed by atoms with E-state index in [4.69, 9.17) is 16.3 Å². The molecular formula is C20H14ClFN2O4S. The van der Waals surface area contributed by atoms with E-state index in [0.29, 0.717) is 16.3 Å². The molecule has 0 radical (unpaired) electrons.